The van der Waals surface area contributed by atoms with E-state index in [9.17, 15) is 9.59 Å². The van der Waals surface area contributed by atoms with Gasteiger partial charge in [-0.3, -0.25) is 19.8 Å². The van der Waals surface area contributed by atoms with Crippen LogP contribution in [0.2, 0.25) is 5.02 Å². The average molecular weight is 516 g/mol. The Labute approximate surface area is 197 Å². The summed E-state index contributed by atoms with van der Waals surface area (Å²) in [5, 5.41) is 3.19. The van der Waals surface area contributed by atoms with Gasteiger partial charge in [0.15, 0.2) is 5.11 Å². The predicted octanol–water partition coefficient (Wildman–Crippen LogP) is 5.81. The van der Waals surface area contributed by atoms with Crippen LogP contribution in [0.15, 0.2) is 63.0 Å². The minimum atomic E-state index is -0.568. The number of nitrogens with one attached hydrogen (secondary N) is 1. The van der Waals surface area contributed by atoms with Crippen molar-refractivity contribution in [3.05, 3.63) is 80.5 Å². The van der Waals surface area contributed by atoms with Crippen molar-refractivity contribution in [1.29, 1.82) is 0 Å². The number of rotatable bonds is 3. The van der Waals surface area contributed by atoms with Crippen LogP contribution < -0.4 is 10.2 Å². The molecule has 1 aliphatic heterocycles. The van der Waals surface area contributed by atoms with Crippen molar-refractivity contribution in [2.75, 3.05) is 4.90 Å². The largest absolute Gasteiger partial charge is 0.457 e. The van der Waals surface area contributed by atoms with Crippen LogP contribution >= 0.6 is 39.7 Å². The Kier molecular flexibility index (Phi) is 5.83. The molecule has 1 saturated heterocycles. The second-order valence-electron chi connectivity index (χ2n) is 7.01. The van der Waals surface area contributed by atoms with Gasteiger partial charge in [0, 0.05) is 10.0 Å². The molecule has 0 bridgehead atoms. The van der Waals surface area contributed by atoms with E-state index in [1.54, 1.807) is 24.3 Å². The molecule has 2 aromatic carbocycles. The monoisotopic (exact) mass is 514 g/mol. The molecule has 0 aliphatic carbocycles. The number of furan rings is 1. The van der Waals surface area contributed by atoms with Crippen LogP contribution in [0.3, 0.4) is 0 Å². The molecule has 2 amide bonds. The van der Waals surface area contributed by atoms with Crippen molar-refractivity contribution in [3.63, 3.8) is 0 Å². The molecule has 3 aromatic rings. The number of carbonyl (C=O) groups excluding carboxylic acids is 2. The van der Waals surface area contributed by atoms with Gasteiger partial charge in [-0.1, -0.05) is 29.8 Å². The summed E-state index contributed by atoms with van der Waals surface area (Å²) in [4.78, 5) is 27.1. The summed E-state index contributed by atoms with van der Waals surface area (Å²) in [6.07, 6.45) is 1.42. The van der Waals surface area contributed by atoms with Crippen molar-refractivity contribution in [2.24, 2.45) is 0 Å². The van der Waals surface area contributed by atoms with Crippen LogP contribution in [0.5, 0.6) is 0 Å². The molecule has 0 radical (unpaired) electrons. The third-order valence-corrected chi connectivity index (χ3v) is 6.55. The Bertz CT molecular complexity index is 1280. The van der Waals surface area contributed by atoms with Crippen LogP contribution in [0, 0.1) is 13.8 Å². The van der Waals surface area contributed by atoms with Gasteiger partial charge in [0.05, 0.1) is 10.7 Å². The summed E-state index contributed by atoms with van der Waals surface area (Å²) in [6.45, 7) is 3.85. The topological polar surface area (TPSA) is 62.6 Å². The van der Waals surface area contributed by atoms with Crippen LogP contribution in [0.4, 0.5) is 5.69 Å². The smallest absolute Gasteiger partial charge is 0.270 e. The van der Waals surface area contributed by atoms with Crippen LogP contribution in [0.25, 0.3) is 17.4 Å². The lowest BCUT2D eigenvalue weighted by Gasteiger charge is -2.30. The molecule has 156 valence electrons. The normalized spacial score (nSPS) is 15.5. The second-order valence-corrected chi connectivity index (χ2v) is 8.66. The van der Waals surface area contributed by atoms with E-state index in [-0.39, 0.29) is 10.7 Å². The lowest BCUT2D eigenvalue weighted by molar-refractivity contribution is -0.122. The highest BCUT2D eigenvalue weighted by molar-refractivity contribution is 9.10. The Morgan fingerprint density at radius 2 is 1.90 bits per heavy atom. The Hall–Kier alpha value is -2.74. The standard InChI is InChI=1S/C23H16BrClN2O3S/c1-12-4-3-5-19(13(12)2)27-22(29)16(21(28)26-23(27)31)11-15-7-9-20(30-15)14-6-8-17(24)18(25)10-14/h3-11H,1-2H3,(H,26,28,31)/b16-11+. The number of hydrogen-bond acceptors (Lipinski definition) is 4. The van der Waals surface area contributed by atoms with E-state index in [1.807, 2.05) is 38.1 Å². The van der Waals surface area contributed by atoms with Crippen molar-refractivity contribution in [3.8, 4) is 11.3 Å². The summed E-state index contributed by atoms with van der Waals surface area (Å²) < 4.78 is 6.62. The molecule has 1 aromatic heterocycles. The van der Waals surface area contributed by atoms with Crippen LogP contribution in [-0.2, 0) is 9.59 Å². The summed E-state index contributed by atoms with van der Waals surface area (Å²) in [5.74, 6) is -0.152. The van der Waals surface area contributed by atoms with Crippen molar-refractivity contribution in [1.82, 2.24) is 5.32 Å². The molecule has 1 aliphatic rings. The number of hydrogen-bond donors (Lipinski definition) is 1. The van der Waals surface area contributed by atoms with E-state index in [0.29, 0.717) is 22.2 Å². The van der Waals surface area contributed by atoms with Crippen molar-refractivity contribution < 1.29 is 14.0 Å². The molecule has 0 unspecified atom stereocenters. The van der Waals surface area contributed by atoms with Gasteiger partial charge < -0.3 is 4.42 Å². The fraction of sp³-hybridized carbons (Fsp3) is 0.0870. The number of halogens is 2. The third-order valence-electron chi connectivity index (χ3n) is 5.04. The number of amides is 2. The van der Waals surface area contributed by atoms with Crippen molar-refractivity contribution in [2.45, 2.75) is 13.8 Å². The van der Waals surface area contributed by atoms with Gasteiger partial charge in [0.1, 0.15) is 17.1 Å². The van der Waals surface area contributed by atoms with E-state index in [1.165, 1.54) is 11.0 Å². The molecular formula is C23H16BrClN2O3S. The summed E-state index contributed by atoms with van der Waals surface area (Å²) in [7, 11) is 0. The summed E-state index contributed by atoms with van der Waals surface area (Å²) in [6, 6.07) is 14.5. The molecule has 2 heterocycles. The first-order valence-corrected chi connectivity index (χ1v) is 10.9. The quantitative estimate of drug-likeness (QED) is 0.272. The van der Waals surface area contributed by atoms with Gasteiger partial charge in [-0.15, -0.1) is 0 Å². The molecule has 8 heteroatoms. The van der Waals surface area contributed by atoms with Gasteiger partial charge in [0.2, 0.25) is 0 Å². The molecule has 0 atom stereocenters. The number of benzene rings is 2. The van der Waals surface area contributed by atoms with Crippen LogP contribution in [-0.4, -0.2) is 16.9 Å². The van der Waals surface area contributed by atoms with Gasteiger partial charge >= 0.3 is 0 Å². The highest BCUT2D eigenvalue weighted by atomic mass is 79.9. The zero-order valence-corrected chi connectivity index (χ0v) is 19.7. The fourth-order valence-electron chi connectivity index (χ4n) is 3.23. The van der Waals surface area contributed by atoms with E-state index in [2.05, 4.69) is 21.2 Å². The van der Waals surface area contributed by atoms with Gasteiger partial charge in [-0.2, -0.15) is 0 Å². The van der Waals surface area contributed by atoms with Gasteiger partial charge in [-0.25, -0.2) is 0 Å². The molecular weight excluding hydrogens is 500 g/mol. The minimum Gasteiger partial charge on any atom is -0.457 e. The maximum absolute atomic E-state index is 13.2. The SMILES string of the molecule is Cc1cccc(N2C(=O)/C(=C/c3ccc(-c4ccc(Br)c(Cl)c4)o3)C(=O)NC2=S)c1C. The zero-order valence-electron chi connectivity index (χ0n) is 16.5. The molecule has 1 N–H and O–H groups in total. The lowest BCUT2D eigenvalue weighted by atomic mass is 10.0. The Morgan fingerprint density at radius 1 is 1.13 bits per heavy atom. The third kappa shape index (κ3) is 4.08. The maximum atomic E-state index is 13.2. The molecule has 0 spiro atoms. The molecule has 4 rings (SSSR count). The second kappa shape index (κ2) is 8.42. The minimum absolute atomic E-state index is 0.0467. The van der Waals surface area contributed by atoms with Crippen LogP contribution in [0.1, 0.15) is 16.9 Å². The first-order valence-electron chi connectivity index (χ1n) is 9.29. The fourth-order valence-corrected chi connectivity index (χ4v) is 3.93. The number of carbonyl (C=O) groups is 2. The average Bonchev–Trinajstić information content (AvgIpc) is 3.19. The van der Waals surface area contributed by atoms with Gasteiger partial charge in [-0.05, 0) is 89.5 Å². The zero-order chi connectivity index (χ0) is 22.3. The lowest BCUT2D eigenvalue weighted by Crippen LogP contribution is -2.54. The highest BCUT2D eigenvalue weighted by Gasteiger charge is 2.35. The number of aryl methyl sites for hydroxylation is 1. The van der Waals surface area contributed by atoms with E-state index in [4.69, 9.17) is 28.2 Å². The summed E-state index contributed by atoms with van der Waals surface area (Å²) in [5.41, 5.74) is 3.26. The molecule has 1 fully saturated rings. The van der Waals surface area contributed by atoms with E-state index < -0.39 is 11.8 Å². The number of nitrogens with zero attached hydrogens (tertiary/aromatic N) is 1. The molecule has 5 nitrogen and oxygen atoms in total. The maximum Gasteiger partial charge on any atom is 0.270 e. The predicted molar refractivity (Wildman–Crippen MR) is 129 cm³/mol. The van der Waals surface area contributed by atoms with Gasteiger partial charge in [0.25, 0.3) is 11.8 Å². The molecule has 0 saturated carbocycles. The van der Waals surface area contributed by atoms with Crippen molar-refractivity contribution >= 4 is 68.4 Å². The number of anilines is 1. The highest BCUT2D eigenvalue weighted by Crippen LogP contribution is 2.31. The Balaban J connectivity index is 1.70. The summed E-state index contributed by atoms with van der Waals surface area (Å²) >= 11 is 14.8. The molecule has 31 heavy (non-hydrogen) atoms. The Morgan fingerprint density at radius 3 is 2.65 bits per heavy atom. The van der Waals surface area contributed by atoms with E-state index in [0.717, 1.165) is 21.2 Å². The van der Waals surface area contributed by atoms with E-state index >= 15 is 0 Å². The first-order chi connectivity index (χ1) is 14.8. The number of thiocarbonyl (C=S) groups is 1. The first kappa shape index (κ1) is 21.5.